The van der Waals surface area contributed by atoms with Crippen LogP contribution in [0.4, 0.5) is 0 Å². The molecule has 0 bridgehead atoms. The summed E-state index contributed by atoms with van der Waals surface area (Å²) in [7, 11) is -2.39. The van der Waals surface area contributed by atoms with Crippen LogP contribution in [0.2, 0.25) is 0 Å². The second-order valence-electron chi connectivity index (χ2n) is 12.3. The molecule has 2 atom stereocenters. The molecule has 2 aromatic heterocycles. The molecule has 3 aromatic carbocycles. The lowest BCUT2D eigenvalue weighted by Crippen LogP contribution is -2.56. The molecule has 5 aromatic rings. The van der Waals surface area contributed by atoms with Crippen LogP contribution in [0.5, 0.6) is 0 Å². The molecular formula is C36H41N7O5S. The average molecular weight is 684 g/mol. The van der Waals surface area contributed by atoms with Crippen LogP contribution in [-0.4, -0.2) is 75.7 Å². The molecule has 0 aliphatic heterocycles. The minimum absolute atomic E-state index is 0.0128. The van der Waals surface area contributed by atoms with Gasteiger partial charge in [0, 0.05) is 42.6 Å². The maximum atomic E-state index is 14.3. The minimum atomic E-state index is -3.95. The van der Waals surface area contributed by atoms with Gasteiger partial charge in [-0.15, -0.1) is 0 Å². The van der Waals surface area contributed by atoms with Crippen LogP contribution >= 0.6 is 0 Å². The van der Waals surface area contributed by atoms with Gasteiger partial charge < -0.3 is 15.2 Å². The first-order valence-corrected chi connectivity index (χ1v) is 17.8. The van der Waals surface area contributed by atoms with Crippen molar-refractivity contribution < 1.29 is 22.8 Å². The number of nitrogens with one attached hydrogen (secondary N) is 3. The van der Waals surface area contributed by atoms with E-state index in [9.17, 15) is 22.8 Å². The van der Waals surface area contributed by atoms with Crippen LogP contribution in [0.1, 0.15) is 52.4 Å². The molecule has 0 aliphatic rings. The van der Waals surface area contributed by atoms with Crippen molar-refractivity contribution in [2.24, 2.45) is 0 Å². The van der Waals surface area contributed by atoms with Gasteiger partial charge in [0.2, 0.25) is 15.9 Å². The molecule has 2 unspecified atom stereocenters. The average Bonchev–Trinajstić information content (AvgIpc) is 3.76. The summed E-state index contributed by atoms with van der Waals surface area (Å²) < 4.78 is 29.3. The van der Waals surface area contributed by atoms with Gasteiger partial charge in [0.25, 0.3) is 11.8 Å². The van der Waals surface area contributed by atoms with E-state index in [1.54, 1.807) is 36.4 Å². The van der Waals surface area contributed by atoms with Gasteiger partial charge in [-0.05, 0) is 61.7 Å². The molecule has 0 fully saturated rings. The van der Waals surface area contributed by atoms with Gasteiger partial charge >= 0.3 is 0 Å². The number of hydrogen-bond donors (Lipinski definition) is 3. The fourth-order valence-corrected chi connectivity index (χ4v) is 7.03. The molecule has 5 rings (SSSR count). The molecule has 0 spiro atoms. The van der Waals surface area contributed by atoms with E-state index in [-0.39, 0.29) is 24.5 Å². The van der Waals surface area contributed by atoms with Crippen molar-refractivity contribution in [2.45, 2.75) is 58.5 Å². The van der Waals surface area contributed by atoms with Crippen LogP contribution in [0.15, 0.2) is 85.6 Å². The number of hydrogen-bond acceptors (Lipinski definition) is 7. The zero-order valence-electron chi connectivity index (χ0n) is 28.0. The number of likely N-dealkylation sites (N-methyl/N-ethyl adjacent to an activating group) is 1. The predicted octanol–water partition coefficient (Wildman–Crippen LogP) is 4.02. The number of carbonyl (C=O) groups excluding carboxylic acids is 3. The Labute approximate surface area is 286 Å². The van der Waals surface area contributed by atoms with Gasteiger partial charge in [0.1, 0.15) is 24.7 Å². The molecular weight excluding hydrogens is 643 g/mol. The summed E-state index contributed by atoms with van der Waals surface area (Å²) in [6, 6.07) is 18.0. The number of aryl methyl sites for hydroxylation is 2. The fourth-order valence-electron chi connectivity index (χ4n) is 5.81. The third-order valence-corrected chi connectivity index (χ3v) is 9.70. The minimum Gasteiger partial charge on any atom is -0.361 e. The lowest BCUT2D eigenvalue weighted by molar-refractivity contribution is -0.130. The lowest BCUT2D eigenvalue weighted by Gasteiger charge is -2.29. The summed E-state index contributed by atoms with van der Waals surface area (Å²) in [5.74, 6) is -2.05. The Hall–Kier alpha value is -5.30. The summed E-state index contributed by atoms with van der Waals surface area (Å²) in [6.07, 6.45) is 5.89. The highest BCUT2D eigenvalue weighted by Gasteiger charge is 2.33. The highest BCUT2D eigenvalue weighted by atomic mass is 32.2. The highest BCUT2D eigenvalue weighted by Crippen LogP contribution is 2.21. The highest BCUT2D eigenvalue weighted by molar-refractivity contribution is 7.90. The Bertz CT molecular complexity index is 2020. The van der Waals surface area contributed by atoms with Crippen LogP contribution in [0.25, 0.3) is 16.6 Å². The number of amides is 3. The maximum Gasteiger partial charge on any atom is 0.256 e. The number of para-hydroxylation sites is 1. The van der Waals surface area contributed by atoms with E-state index >= 15 is 0 Å². The van der Waals surface area contributed by atoms with Crippen molar-refractivity contribution >= 4 is 38.6 Å². The van der Waals surface area contributed by atoms with Crippen molar-refractivity contribution in [1.29, 1.82) is 0 Å². The third-order valence-electron chi connectivity index (χ3n) is 8.36. The van der Waals surface area contributed by atoms with Gasteiger partial charge in [0.15, 0.2) is 0 Å². The van der Waals surface area contributed by atoms with Crippen LogP contribution in [0, 0.1) is 13.8 Å². The Balaban J connectivity index is 1.47. The zero-order valence-corrected chi connectivity index (χ0v) is 28.8. The molecule has 256 valence electrons. The lowest BCUT2D eigenvalue weighted by atomic mass is 10.00. The SMILES string of the molecule is CCCCS(=O)(=O)NC(=O)C(Cc1c[nH]c2ccccc12)NC(=O)C(Cc1ccc(-n2cncn2)cc1)N(C)C(=O)c1cc(C)cc(C)c1. The van der Waals surface area contributed by atoms with E-state index in [1.807, 2.05) is 75.4 Å². The Kier molecular flexibility index (Phi) is 10.9. The number of unbranched alkanes of at least 4 members (excludes halogenated alkanes) is 1. The van der Waals surface area contributed by atoms with Crippen molar-refractivity contribution in [1.82, 2.24) is 34.7 Å². The van der Waals surface area contributed by atoms with Crippen LogP contribution < -0.4 is 10.0 Å². The molecule has 0 aliphatic carbocycles. The number of fused-ring (bicyclic) bond motifs is 1. The fraction of sp³-hybridized carbons (Fsp3) is 0.306. The topological polar surface area (TPSA) is 159 Å². The number of rotatable bonds is 14. The van der Waals surface area contributed by atoms with Gasteiger partial charge in [-0.25, -0.2) is 18.1 Å². The molecule has 0 radical (unpaired) electrons. The predicted molar refractivity (Wildman–Crippen MR) is 188 cm³/mol. The van der Waals surface area contributed by atoms with Crippen molar-refractivity contribution in [3.05, 3.63) is 113 Å². The largest absolute Gasteiger partial charge is 0.361 e. The van der Waals surface area contributed by atoms with E-state index in [0.717, 1.165) is 38.8 Å². The molecule has 0 saturated heterocycles. The molecule has 49 heavy (non-hydrogen) atoms. The third kappa shape index (κ3) is 8.79. The molecule has 3 amide bonds. The normalized spacial score (nSPS) is 12.7. The van der Waals surface area contributed by atoms with Gasteiger partial charge in [-0.1, -0.05) is 60.9 Å². The van der Waals surface area contributed by atoms with Crippen molar-refractivity contribution in [3.8, 4) is 5.69 Å². The number of aromatic nitrogens is 4. The van der Waals surface area contributed by atoms with Gasteiger partial charge in [-0.3, -0.25) is 19.1 Å². The number of carbonyl (C=O) groups is 3. The molecule has 3 N–H and O–H groups in total. The summed E-state index contributed by atoms with van der Waals surface area (Å²) in [5, 5.41) is 7.81. The van der Waals surface area contributed by atoms with E-state index < -0.39 is 33.9 Å². The Morgan fingerprint density at radius 2 is 1.67 bits per heavy atom. The Morgan fingerprint density at radius 1 is 0.959 bits per heavy atom. The summed E-state index contributed by atoms with van der Waals surface area (Å²) >= 11 is 0. The monoisotopic (exact) mass is 683 g/mol. The quantitative estimate of drug-likeness (QED) is 0.159. The summed E-state index contributed by atoms with van der Waals surface area (Å²) in [4.78, 5) is 50.3. The number of benzene rings is 3. The van der Waals surface area contributed by atoms with Crippen LogP contribution in [0.3, 0.4) is 0 Å². The molecule has 13 heteroatoms. The smallest absolute Gasteiger partial charge is 0.256 e. The second kappa shape index (κ2) is 15.3. The number of sulfonamides is 1. The number of aromatic amines is 1. The summed E-state index contributed by atoms with van der Waals surface area (Å²) in [6.45, 7) is 5.65. The van der Waals surface area contributed by atoms with Crippen LogP contribution in [-0.2, 0) is 32.5 Å². The van der Waals surface area contributed by atoms with E-state index in [1.165, 1.54) is 11.2 Å². The first-order valence-electron chi connectivity index (χ1n) is 16.1. The number of H-pyrrole nitrogens is 1. The van der Waals surface area contributed by atoms with E-state index in [0.29, 0.717) is 18.4 Å². The first kappa shape index (κ1) is 35.0. The number of nitrogens with zero attached hydrogens (tertiary/aromatic N) is 4. The first-order chi connectivity index (χ1) is 23.4. The van der Waals surface area contributed by atoms with Crippen molar-refractivity contribution in [2.75, 3.05) is 12.8 Å². The van der Waals surface area contributed by atoms with Gasteiger partial charge in [0.05, 0.1) is 11.4 Å². The molecule has 0 saturated carbocycles. The standard InChI is InChI=1S/C36H41N7O5S/c1-5-6-15-49(47,48)41-34(44)32(20-28-21-38-31-10-8-7-9-30(28)31)40-35(45)33(42(4)36(46)27-17-24(2)16-25(3)18-27)19-26-11-13-29(14-12-26)43-23-37-22-39-43/h7-14,16-18,21-23,32-33,38H,5-6,15,19-20H2,1-4H3,(H,40,45)(H,41,44). The molecule has 2 heterocycles. The summed E-state index contributed by atoms with van der Waals surface area (Å²) in [5.41, 5.74) is 5.31. The van der Waals surface area contributed by atoms with E-state index in [4.69, 9.17) is 0 Å². The van der Waals surface area contributed by atoms with Gasteiger partial charge in [-0.2, -0.15) is 5.10 Å². The zero-order chi connectivity index (χ0) is 35.1. The second-order valence-corrected chi connectivity index (χ2v) is 14.1. The van der Waals surface area contributed by atoms with Crippen molar-refractivity contribution in [3.63, 3.8) is 0 Å². The molecule has 12 nitrogen and oxygen atoms in total. The Morgan fingerprint density at radius 3 is 2.35 bits per heavy atom. The maximum absolute atomic E-state index is 14.3. The van der Waals surface area contributed by atoms with E-state index in [2.05, 4.69) is 25.1 Å².